The van der Waals surface area contributed by atoms with E-state index in [0.29, 0.717) is 12.5 Å². The number of likely N-dealkylation sites (tertiary alicyclic amines) is 1. The minimum absolute atomic E-state index is 0.00281. The third-order valence-electron chi connectivity index (χ3n) is 3.72. The molecule has 4 nitrogen and oxygen atoms in total. The molecule has 104 valence electrons. The Hall–Kier alpha value is -1.55. The molecule has 0 aliphatic carbocycles. The summed E-state index contributed by atoms with van der Waals surface area (Å²) in [4.78, 5) is 13.8. The summed E-state index contributed by atoms with van der Waals surface area (Å²) >= 11 is 0. The van der Waals surface area contributed by atoms with Crippen molar-refractivity contribution in [2.45, 2.75) is 26.3 Å². The highest BCUT2D eigenvalue weighted by molar-refractivity contribution is 5.74. The van der Waals surface area contributed by atoms with Gasteiger partial charge in [0.1, 0.15) is 0 Å². The topological polar surface area (TPSA) is 52.6 Å². The molecule has 1 heterocycles. The summed E-state index contributed by atoms with van der Waals surface area (Å²) in [6.07, 6.45) is 1.79. The molecular weight excluding hydrogens is 240 g/mol. The molecule has 4 heteroatoms. The normalized spacial score (nSPS) is 16.4. The first-order valence-electron chi connectivity index (χ1n) is 6.88. The van der Waals surface area contributed by atoms with Crippen molar-refractivity contribution in [3.63, 3.8) is 0 Å². The van der Waals surface area contributed by atoms with E-state index in [-0.39, 0.29) is 12.6 Å². The van der Waals surface area contributed by atoms with Gasteiger partial charge in [0.2, 0.25) is 0 Å². The maximum absolute atomic E-state index is 12.0. The summed E-state index contributed by atoms with van der Waals surface area (Å²) in [6, 6.07) is 8.17. The molecule has 0 saturated carbocycles. The zero-order chi connectivity index (χ0) is 13.7. The number of hydrogen-bond acceptors (Lipinski definition) is 2. The van der Waals surface area contributed by atoms with Crippen LogP contribution in [0.4, 0.5) is 4.79 Å². The van der Waals surface area contributed by atoms with E-state index in [9.17, 15) is 4.79 Å². The molecule has 2 rings (SSSR count). The van der Waals surface area contributed by atoms with Gasteiger partial charge in [-0.15, -0.1) is 0 Å². The average molecular weight is 262 g/mol. The van der Waals surface area contributed by atoms with Gasteiger partial charge in [0.25, 0.3) is 0 Å². The van der Waals surface area contributed by atoms with Crippen molar-refractivity contribution in [1.82, 2.24) is 10.2 Å². The number of nitrogens with one attached hydrogen (secondary N) is 1. The van der Waals surface area contributed by atoms with Crippen LogP contribution in [0.15, 0.2) is 24.3 Å². The van der Waals surface area contributed by atoms with Gasteiger partial charge in [-0.25, -0.2) is 4.79 Å². The van der Waals surface area contributed by atoms with Gasteiger partial charge in [-0.3, -0.25) is 0 Å². The average Bonchev–Trinajstić information content (AvgIpc) is 2.46. The first kappa shape index (κ1) is 13.9. The van der Waals surface area contributed by atoms with Crippen LogP contribution in [0.1, 0.15) is 24.0 Å². The highest BCUT2D eigenvalue weighted by atomic mass is 16.3. The first-order valence-corrected chi connectivity index (χ1v) is 6.88. The predicted octanol–water partition coefficient (Wildman–Crippen LogP) is 1.91. The number of carbonyl (C=O) groups excluding carboxylic acids is 1. The van der Waals surface area contributed by atoms with Crippen molar-refractivity contribution in [1.29, 1.82) is 0 Å². The summed E-state index contributed by atoms with van der Waals surface area (Å²) in [5.41, 5.74) is 2.34. The summed E-state index contributed by atoms with van der Waals surface area (Å²) in [7, 11) is 0. The summed E-state index contributed by atoms with van der Waals surface area (Å²) in [5, 5.41) is 12.0. The van der Waals surface area contributed by atoms with Crippen molar-refractivity contribution in [2.75, 3.05) is 19.7 Å². The molecule has 0 aromatic heterocycles. The minimum atomic E-state index is -0.00281. The van der Waals surface area contributed by atoms with Crippen LogP contribution in [0.5, 0.6) is 0 Å². The zero-order valence-electron chi connectivity index (χ0n) is 11.4. The fourth-order valence-corrected chi connectivity index (χ4v) is 2.31. The number of piperidine rings is 1. The number of carbonyl (C=O) groups is 1. The highest BCUT2D eigenvalue weighted by Gasteiger charge is 2.21. The number of benzene rings is 1. The summed E-state index contributed by atoms with van der Waals surface area (Å²) in [6.45, 7) is 4.33. The molecule has 1 saturated heterocycles. The fraction of sp³-hybridized carbons (Fsp3) is 0.533. The zero-order valence-corrected chi connectivity index (χ0v) is 11.4. The van der Waals surface area contributed by atoms with Gasteiger partial charge in [0.05, 0.1) is 0 Å². The van der Waals surface area contributed by atoms with Crippen LogP contribution in [0, 0.1) is 12.8 Å². The van der Waals surface area contributed by atoms with Gasteiger partial charge in [-0.05, 0) is 31.2 Å². The van der Waals surface area contributed by atoms with E-state index in [1.54, 1.807) is 0 Å². The maximum Gasteiger partial charge on any atom is 0.317 e. The number of rotatable bonds is 3. The van der Waals surface area contributed by atoms with E-state index in [4.69, 9.17) is 5.11 Å². The van der Waals surface area contributed by atoms with E-state index in [0.717, 1.165) is 31.5 Å². The number of urea groups is 1. The SMILES string of the molecule is Cc1ccc(CNC(=O)N2CCC(CO)CC2)cc1. The number of hydrogen-bond donors (Lipinski definition) is 2. The van der Waals surface area contributed by atoms with Gasteiger partial charge in [-0.2, -0.15) is 0 Å². The third kappa shape index (κ3) is 3.96. The number of aliphatic hydroxyl groups excluding tert-OH is 1. The maximum atomic E-state index is 12.0. The van der Waals surface area contributed by atoms with Crippen LogP contribution in [-0.2, 0) is 6.54 Å². The Balaban J connectivity index is 1.77. The Labute approximate surface area is 114 Å². The van der Waals surface area contributed by atoms with Crippen LogP contribution in [0.25, 0.3) is 0 Å². The number of aryl methyl sites for hydroxylation is 1. The van der Waals surface area contributed by atoms with Crippen molar-refractivity contribution in [2.24, 2.45) is 5.92 Å². The molecule has 1 aromatic rings. The molecule has 0 bridgehead atoms. The summed E-state index contributed by atoms with van der Waals surface area (Å²) < 4.78 is 0. The predicted molar refractivity (Wildman–Crippen MR) is 74.8 cm³/mol. The lowest BCUT2D eigenvalue weighted by Gasteiger charge is -2.31. The number of aliphatic hydroxyl groups is 1. The van der Waals surface area contributed by atoms with Crippen LogP contribution < -0.4 is 5.32 Å². The largest absolute Gasteiger partial charge is 0.396 e. The molecule has 2 N–H and O–H groups in total. The van der Waals surface area contributed by atoms with Crippen LogP contribution in [0.2, 0.25) is 0 Å². The Morgan fingerprint density at radius 3 is 2.53 bits per heavy atom. The van der Waals surface area contributed by atoms with Gasteiger partial charge >= 0.3 is 6.03 Å². The molecule has 0 unspecified atom stereocenters. The second-order valence-corrected chi connectivity index (χ2v) is 5.26. The van der Waals surface area contributed by atoms with Gasteiger partial charge in [-0.1, -0.05) is 29.8 Å². The van der Waals surface area contributed by atoms with E-state index in [1.807, 2.05) is 36.1 Å². The Morgan fingerprint density at radius 2 is 1.95 bits per heavy atom. The first-order chi connectivity index (χ1) is 9.19. The Morgan fingerprint density at radius 1 is 1.32 bits per heavy atom. The molecule has 1 aliphatic rings. The molecule has 2 amide bonds. The van der Waals surface area contributed by atoms with Crippen LogP contribution in [-0.4, -0.2) is 35.7 Å². The van der Waals surface area contributed by atoms with Gasteiger partial charge in [0, 0.05) is 26.2 Å². The second-order valence-electron chi connectivity index (χ2n) is 5.26. The van der Waals surface area contributed by atoms with Crippen molar-refractivity contribution < 1.29 is 9.90 Å². The molecule has 1 aromatic carbocycles. The van der Waals surface area contributed by atoms with Crippen molar-refractivity contribution in [3.8, 4) is 0 Å². The van der Waals surface area contributed by atoms with E-state index >= 15 is 0 Å². The van der Waals surface area contributed by atoms with Crippen LogP contribution in [0.3, 0.4) is 0 Å². The highest BCUT2D eigenvalue weighted by Crippen LogP contribution is 2.16. The van der Waals surface area contributed by atoms with E-state index in [1.165, 1.54) is 5.56 Å². The fourth-order valence-electron chi connectivity index (χ4n) is 2.31. The van der Waals surface area contributed by atoms with E-state index < -0.39 is 0 Å². The van der Waals surface area contributed by atoms with Crippen LogP contribution >= 0.6 is 0 Å². The Kier molecular flexibility index (Phi) is 4.80. The second kappa shape index (κ2) is 6.57. The lowest BCUT2D eigenvalue weighted by molar-refractivity contribution is 0.137. The monoisotopic (exact) mass is 262 g/mol. The van der Waals surface area contributed by atoms with E-state index in [2.05, 4.69) is 5.32 Å². The lowest BCUT2D eigenvalue weighted by Crippen LogP contribution is -2.44. The number of nitrogens with zero attached hydrogens (tertiary/aromatic N) is 1. The third-order valence-corrected chi connectivity index (χ3v) is 3.72. The quantitative estimate of drug-likeness (QED) is 0.874. The van der Waals surface area contributed by atoms with Crippen molar-refractivity contribution in [3.05, 3.63) is 35.4 Å². The number of amides is 2. The van der Waals surface area contributed by atoms with Gasteiger partial charge in [0.15, 0.2) is 0 Å². The lowest BCUT2D eigenvalue weighted by atomic mass is 9.98. The smallest absolute Gasteiger partial charge is 0.317 e. The molecule has 0 spiro atoms. The Bertz CT molecular complexity index is 409. The standard InChI is InChI=1S/C15H22N2O2/c1-12-2-4-13(5-3-12)10-16-15(19)17-8-6-14(11-18)7-9-17/h2-5,14,18H,6-11H2,1H3,(H,16,19). The molecule has 1 fully saturated rings. The molecular formula is C15H22N2O2. The minimum Gasteiger partial charge on any atom is -0.396 e. The molecule has 1 aliphatic heterocycles. The van der Waals surface area contributed by atoms with Crippen molar-refractivity contribution >= 4 is 6.03 Å². The molecule has 0 radical (unpaired) electrons. The van der Waals surface area contributed by atoms with Gasteiger partial charge < -0.3 is 15.3 Å². The summed E-state index contributed by atoms with van der Waals surface area (Å²) in [5.74, 6) is 0.362. The molecule has 19 heavy (non-hydrogen) atoms. The molecule has 0 atom stereocenters.